The molecule has 1 amide bonds. The Morgan fingerprint density at radius 1 is 1.24 bits per heavy atom. The van der Waals surface area contributed by atoms with Crippen LogP contribution in [0.2, 0.25) is 0 Å². The van der Waals surface area contributed by atoms with Gasteiger partial charge in [-0.1, -0.05) is 13.0 Å². The molecule has 0 aliphatic heterocycles. The van der Waals surface area contributed by atoms with Gasteiger partial charge in [0.05, 0.1) is 18.1 Å². The van der Waals surface area contributed by atoms with E-state index in [9.17, 15) is 9.59 Å². The quantitative estimate of drug-likeness (QED) is 0.319. The van der Waals surface area contributed by atoms with Gasteiger partial charge in [-0.2, -0.15) is 0 Å². The first-order valence-corrected chi connectivity index (χ1v) is 11.5. The van der Waals surface area contributed by atoms with Crippen LogP contribution < -0.4 is 5.32 Å². The number of hydrogen-bond acceptors (Lipinski definition) is 5. The maximum Gasteiger partial charge on any atom is 0.286 e. The summed E-state index contributed by atoms with van der Waals surface area (Å²) in [5.74, 6) is 1.03. The average Bonchev–Trinajstić information content (AvgIpc) is 3.24. The van der Waals surface area contributed by atoms with Crippen molar-refractivity contribution in [3.63, 3.8) is 0 Å². The molecule has 1 aliphatic carbocycles. The number of amides is 1. The molecular weight excluding hydrogens is 416 g/mol. The van der Waals surface area contributed by atoms with Crippen LogP contribution in [0.3, 0.4) is 0 Å². The van der Waals surface area contributed by atoms with Crippen molar-refractivity contribution in [2.75, 3.05) is 7.11 Å². The minimum absolute atomic E-state index is 0.0383. The summed E-state index contributed by atoms with van der Waals surface area (Å²) >= 11 is 0. The predicted molar refractivity (Wildman–Crippen MR) is 128 cm³/mol. The molecule has 2 heterocycles. The second kappa shape index (κ2) is 9.98. The summed E-state index contributed by atoms with van der Waals surface area (Å²) in [5.41, 5.74) is 3.23. The van der Waals surface area contributed by atoms with Crippen LogP contribution in [0.25, 0.3) is 22.6 Å². The highest BCUT2D eigenvalue weighted by Gasteiger charge is 2.29. The topological polar surface area (TPSA) is 86.1 Å². The Morgan fingerprint density at radius 3 is 2.79 bits per heavy atom. The van der Waals surface area contributed by atoms with Crippen molar-refractivity contribution in [1.82, 2.24) is 19.9 Å². The van der Waals surface area contributed by atoms with Gasteiger partial charge in [0.1, 0.15) is 5.69 Å². The minimum Gasteiger partial charge on any atom is -0.491 e. The maximum atomic E-state index is 12.5. The number of benzene rings is 1. The van der Waals surface area contributed by atoms with Crippen LogP contribution in [0.15, 0.2) is 54.4 Å². The molecule has 2 unspecified atom stereocenters. The van der Waals surface area contributed by atoms with E-state index in [1.807, 2.05) is 43.3 Å². The molecule has 4 rings (SSSR count). The standard InChI is InChI=1S/C26H30N4O3/c1-4-23(31)17-12-13-22-21(15-17)29-25(20-11-6-7-14-27-20)30(22)19-10-8-9-18(16-19)28-26(32)24(5-2)33-3/h5-7,11-15,18-19H,4,8-10,16H2,1-3H3,(H,28,32)/b24-5-. The number of Topliss-reactive ketones (excluding diaryl/α,β-unsaturated/α-hetero) is 1. The highest BCUT2D eigenvalue weighted by atomic mass is 16.5. The number of nitrogens with one attached hydrogen (secondary N) is 1. The van der Waals surface area contributed by atoms with Gasteiger partial charge in [0, 0.05) is 30.3 Å². The number of imidazole rings is 1. The summed E-state index contributed by atoms with van der Waals surface area (Å²) < 4.78 is 7.41. The molecular formula is C26H30N4O3. The van der Waals surface area contributed by atoms with Gasteiger partial charge in [0.25, 0.3) is 5.91 Å². The fourth-order valence-corrected chi connectivity index (χ4v) is 4.65. The zero-order chi connectivity index (χ0) is 23.4. The van der Waals surface area contributed by atoms with Gasteiger partial charge in [0.2, 0.25) is 0 Å². The van der Waals surface area contributed by atoms with Gasteiger partial charge in [-0.3, -0.25) is 14.6 Å². The molecule has 1 aromatic carbocycles. The van der Waals surface area contributed by atoms with E-state index in [2.05, 4.69) is 14.9 Å². The molecule has 1 N–H and O–H groups in total. The van der Waals surface area contributed by atoms with Gasteiger partial charge < -0.3 is 14.6 Å². The molecule has 172 valence electrons. The monoisotopic (exact) mass is 446 g/mol. The average molecular weight is 447 g/mol. The van der Waals surface area contributed by atoms with E-state index < -0.39 is 0 Å². The smallest absolute Gasteiger partial charge is 0.286 e. The number of carbonyl (C=O) groups is 2. The first-order chi connectivity index (χ1) is 16.0. The molecule has 1 saturated carbocycles. The fraction of sp³-hybridized carbons (Fsp3) is 0.385. The molecule has 7 nitrogen and oxygen atoms in total. The van der Waals surface area contributed by atoms with E-state index in [4.69, 9.17) is 9.72 Å². The summed E-state index contributed by atoms with van der Waals surface area (Å²) in [6.07, 6.45) is 7.57. The lowest BCUT2D eigenvalue weighted by molar-refractivity contribution is -0.121. The van der Waals surface area contributed by atoms with E-state index in [0.29, 0.717) is 17.7 Å². The maximum absolute atomic E-state index is 12.5. The zero-order valence-corrected chi connectivity index (χ0v) is 19.4. The van der Waals surface area contributed by atoms with Gasteiger partial charge >= 0.3 is 0 Å². The van der Waals surface area contributed by atoms with E-state index in [-0.39, 0.29) is 23.8 Å². The number of pyridine rings is 1. The first kappa shape index (κ1) is 22.7. The van der Waals surface area contributed by atoms with Crippen LogP contribution in [0.1, 0.15) is 62.4 Å². The van der Waals surface area contributed by atoms with E-state index in [0.717, 1.165) is 48.2 Å². The van der Waals surface area contributed by atoms with Crippen LogP contribution in [-0.4, -0.2) is 39.4 Å². The lowest BCUT2D eigenvalue weighted by Gasteiger charge is -2.32. The molecule has 0 spiro atoms. The molecule has 2 aromatic heterocycles. The molecule has 0 bridgehead atoms. The number of nitrogens with zero attached hydrogens (tertiary/aromatic N) is 3. The first-order valence-electron chi connectivity index (χ1n) is 11.5. The van der Waals surface area contributed by atoms with Crippen LogP contribution >= 0.6 is 0 Å². The number of allylic oxidation sites excluding steroid dienone is 1. The molecule has 1 aliphatic rings. The molecule has 0 radical (unpaired) electrons. The third kappa shape index (κ3) is 4.67. The van der Waals surface area contributed by atoms with Crippen LogP contribution in [0.5, 0.6) is 0 Å². The highest BCUT2D eigenvalue weighted by molar-refractivity contribution is 5.99. The second-order valence-corrected chi connectivity index (χ2v) is 8.35. The van der Waals surface area contributed by atoms with Gasteiger partial charge in [-0.25, -0.2) is 4.98 Å². The molecule has 2 atom stereocenters. The summed E-state index contributed by atoms with van der Waals surface area (Å²) in [5, 5.41) is 3.13. The Kier molecular flexibility index (Phi) is 6.87. The van der Waals surface area contributed by atoms with Crippen LogP contribution in [0, 0.1) is 0 Å². The van der Waals surface area contributed by atoms with E-state index in [1.165, 1.54) is 7.11 Å². The summed E-state index contributed by atoms with van der Waals surface area (Å²) in [6.45, 7) is 3.65. The van der Waals surface area contributed by atoms with Gasteiger partial charge in [-0.15, -0.1) is 0 Å². The third-order valence-electron chi connectivity index (χ3n) is 6.28. The Hall–Kier alpha value is -3.48. The number of carbonyl (C=O) groups excluding carboxylic acids is 2. The van der Waals surface area contributed by atoms with Crippen molar-refractivity contribution in [3.8, 4) is 11.5 Å². The van der Waals surface area contributed by atoms with Crippen molar-refractivity contribution in [3.05, 3.63) is 60.0 Å². The Morgan fingerprint density at radius 2 is 2.09 bits per heavy atom. The summed E-state index contributed by atoms with van der Waals surface area (Å²) in [4.78, 5) is 34.3. The molecule has 7 heteroatoms. The molecule has 3 aromatic rings. The number of methoxy groups -OCH3 is 1. The number of rotatable bonds is 7. The van der Waals surface area contributed by atoms with Crippen molar-refractivity contribution in [2.24, 2.45) is 0 Å². The Bertz CT molecular complexity index is 1180. The van der Waals surface area contributed by atoms with Gasteiger partial charge in [-0.05, 0) is 69.0 Å². The highest BCUT2D eigenvalue weighted by Crippen LogP contribution is 2.36. The zero-order valence-electron chi connectivity index (χ0n) is 19.4. The lowest BCUT2D eigenvalue weighted by atomic mass is 9.90. The number of ketones is 1. The Labute approximate surface area is 193 Å². The molecule has 1 fully saturated rings. The number of hydrogen-bond donors (Lipinski definition) is 1. The number of fused-ring (bicyclic) bond motifs is 1. The largest absolute Gasteiger partial charge is 0.491 e. The van der Waals surface area contributed by atoms with Gasteiger partial charge in [0.15, 0.2) is 17.4 Å². The fourth-order valence-electron chi connectivity index (χ4n) is 4.65. The minimum atomic E-state index is -0.186. The lowest BCUT2D eigenvalue weighted by Crippen LogP contribution is -2.39. The number of aromatic nitrogens is 3. The molecule has 0 saturated heterocycles. The normalized spacial score (nSPS) is 18.8. The van der Waals surface area contributed by atoms with E-state index in [1.54, 1.807) is 19.2 Å². The SMILES string of the molecule is C/C=C(\OC)C(=O)NC1CCCC(n2c(-c3ccccn3)nc3cc(C(=O)CC)ccc32)C1. The van der Waals surface area contributed by atoms with Crippen LogP contribution in [-0.2, 0) is 9.53 Å². The number of ether oxygens (including phenoxy) is 1. The second-order valence-electron chi connectivity index (χ2n) is 8.35. The van der Waals surface area contributed by atoms with Crippen molar-refractivity contribution >= 4 is 22.7 Å². The van der Waals surface area contributed by atoms with Crippen molar-refractivity contribution in [1.29, 1.82) is 0 Å². The van der Waals surface area contributed by atoms with Crippen molar-refractivity contribution < 1.29 is 14.3 Å². The summed E-state index contributed by atoms with van der Waals surface area (Å²) in [7, 11) is 1.51. The van der Waals surface area contributed by atoms with E-state index >= 15 is 0 Å². The molecule has 33 heavy (non-hydrogen) atoms. The van der Waals surface area contributed by atoms with Crippen molar-refractivity contribution in [2.45, 2.75) is 58.0 Å². The Balaban J connectivity index is 1.72. The summed E-state index contributed by atoms with van der Waals surface area (Å²) in [6, 6.07) is 11.7. The predicted octanol–water partition coefficient (Wildman–Crippen LogP) is 4.84. The van der Waals surface area contributed by atoms with Crippen LogP contribution in [0.4, 0.5) is 0 Å². The third-order valence-corrected chi connectivity index (χ3v) is 6.28.